The van der Waals surface area contributed by atoms with Crippen molar-refractivity contribution >= 4 is 11.9 Å². The van der Waals surface area contributed by atoms with E-state index in [-0.39, 0.29) is 24.8 Å². The first-order valence-electron chi connectivity index (χ1n) is 11.5. The van der Waals surface area contributed by atoms with E-state index in [1.807, 2.05) is 6.92 Å². The minimum atomic E-state index is -0.255. The normalized spacial score (nSPS) is 10.6. The van der Waals surface area contributed by atoms with E-state index in [0.29, 0.717) is 26.1 Å². The van der Waals surface area contributed by atoms with Crippen molar-refractivity contribution < 1.29 is 19.1 Å². The maximum absolute atomic E-state index is 11.6. The molecule has 0 heterocycles. The van der Waals surface area contributed by atoms with Crippen molar-refractivity contribution in [3.63, 3.8) is 0 Å². The van der Waals surface area contributed by atoms with Crippen LogP contribution in [0.1, 0.15) is 117 Å². The van der Waals surface area contributed by atoms with E-state index in [2.05, 4.69) is 13.5 Å². The summed E-state index contributed by atoms with van der Waals surface area (Å²) < 4.78 is 10.3. The number of hydrogen-bond donors (Lipinski definition) is 0. The van der Waals surface area contributed by atoms with Gasteiger partial charge in [-0.3, -0.25) is 9.59 Å². The molecular formula is C24H44O4. The van der Waals surface area contributed by atoms with E-state index in [9.17, 15) is 9.59 Å². The fourth-order valence-electron chi connectivity index (χ4n) is 2.99. The van der Waals surface area contributed by atoms with Gasteiger partial charge in [0.1, 0.15) is 0 Å². The second kappa shape index (κ2) is 20.4. The van der Waals surface area contributed by atoms with E-state index in [4.69, 9.17) is 9.47 Å². The molecule has 0 saturated heterocycles. The molecule has 0 unspecified atom stereocenters. The van der Waals surface area contributed by atoms with Crippen LogP contribution in [-0.2, 0) is 19.1 Å². The van der Waals surface area contributed by atoms with Crippen molar-refractivity contribution in [1.82, 2.24) is 0 Å². The van der Waals surface area contributed by atoms with E-state index in [0.717, 1.165) is 18.4 Å². The van der Waals surface area contributed by atoms with E-state index in [1.165, 1.54) is 64.2 Å². The Morgan fingerprint density at radius 3 is 1.50 bits per heavy atom. The molecule has 0 aliphatic carbocycles. The Labute approximate surface area is 173 Å². The summed E-state index contributed by atoms with van der Waals surface area (Å²) in [5.41, 5.74) is 0.995. The molecule has 0 rings (SSSR count). The summed E-state index contributed by atoms with van der Waals surface area (Å²) in [6, 6.07) is 0. The summed E-state index contributed by atoms with van der Waals surface area (Å²) in [5, 5.41) is 0. The minimum absolute atomic E-state index is 0.210. The van der Waals surface area contributed by atoms with E-state index >= 15 is 0 Å². The smallest absolute Gasteiger partial charge is 0.305 e. The quantitative estimate of drug-likeness (QED) is 0.127. The third-order valence-electron chi connectivity index (χ3n) is 4.81. The summed E-state index contributed by atoms with van der Waals surface area (Å²) >= 11 is 0. The van der Waals surface area contributed by atoms with Gasteiger partial charge < -0.3 is 9.47 Å². The predicted octanol–water partition coefficient (Wildman–Crippen LogP) is 6.91. The molecule has 0 N–H and O–H groups in total. The molecule has 0 aliphatic rings. The van der Waals surface area contributed by atoms with Gasteiger partial charge >= 0.3 is 11.9 Å². The molecule has 0 spiro atoms. The topological polar surface area (TPSA) is 52.6 Å². The van der Waals surface area contributed by atoms with Gasteiger partial charge in [0.25, 0.3) is 0 Å². The lowest BCUT2D eigenvalue weighted by Gasteiger charge is -2.06. The number of rotatable bonds is 20. The SMILES string of the molecule is C=C(C)CCOC(=O)CCCC(=O)OCCCCCCCCCCCCCC. The second-order valence-electron chi connectivity index (χ2n) is 7.89. The van der Waals surface area contributed by atoms with Crippen LogP contribution in [0.4, 0.5) is 0 Å². The van der Waals surface area contributed by atoms with Crippen molar-refractivity contribution in [2.45, 2.75) is 117 Å². The molecule has 0 aromatic rings. The van der Waals surface area contributed by atoms with Gasteiger partial charge in [-0.25, -0.2) is 0 Å². The second-order valence-corrected chi connectivity index (χ2v) is 7.89. The number of ether oxygens (including phenoxy) is 2. The van der Waals surface area contributed by atoms with Gasteiger partial charge in [0.2, 0.25) is 0 Å². The lowest BCUT2D eigenvalue weighted by atomic mass is 10.1. The zero-order valence-corrected chi connectivity index (χ0v) is 18.6. The Kier molecular flexibility index (Phi) is 19.5. The van der Waals surface area contributed by atoms with Gasteiger partial charge in [-0.1, -0.05) is 83.1 Å². The molecule has 0 aromatic carbocycles. The molecular weight excluding hydrogens is 352 g/mol. The molecule has 4 nitrogen and oxygen atoms in total. The Morgan fingerprint density at radius 1 is 0.607 bits per heavy atom. The van der Waals surface area contributed by atoms with Crippen molar-refractivity contribution in [3.8, 4) is 0 Å². The van der Waals surface area contributed by atoms with Crippen molar-refractivity contribution in [2.75, 3.05) is 13.2 Å². The highest BCUT2D eigenvalue weighted by atomic mass is 16.5. The standard InChI is InChI=1S/C24H44O4/c1-4-5-6-7-8-9-10-11-12-13-14-15-20-27-23(25)17-16-18-24(26)28-21-19-22(2)3/h2,4-21H2,1,3H3. The van der Waals surface area contributed by atoms with Crippen molar-refractivity contribution in [2.24, 2.45) is 0 Å². The molecule has 0 aliphatic heterocycles. The molecule has 0 fully saturated rings. The molecule has 28 heavy (non-hydrogen) atoms. The van der Waals surface area contributed by atoms with Crippen LogP contribution in [-0.4, -0.2) is 25.2 Å². The van der Waals surface area contributed by atoms with Crippen LogP contribution in [0.3, 0.4) is 0 Å². The van der Waals surface area contributed by atoms with Gasteiger partial charge in [-0.2, -0.15) is 0 Å². The summed E-state index contributed by atoms with van der Waals surface area (Å²) in [4.78, 5) is 23.1. The van der Waals surface area contributed by atoms with Crippen molar-refractivity contribution in [3.05, 3.63) is 12.2 Å². The third-order valence-corrected chi connectivity index (χ3v) is 4.81. The fourth-order valence-corrected chi connectivity index (χ4v) is 2.99. The molecule has 0 atom stereocenters. The minimum Gasteiger partial charge on any atom is -0.466 e. The lowest BCUT2D eigenvalue weighted by Crippen LogP contribution is -2.09. The average Bonchev–Trinajstić information content (AvgIpc) is 2.65. The zero-order chi connectivity index (χ0) is 20.9. The average molecular weight is 397 g/mol. The first kappa shape index (κ1) is 26.7. The Hall–Kier alpha value is -1.32. The van der Waals surface area contributed by atoms with Gasteiger partial charge in [0.05, 0.1) is 13.2 Å². The summed E-state index contributed by atoms with van der Waals surface area (Å²) in [7, 11) is 0. The Morgan fingerprint density at radius 2 is 1.04 bits per heavy atom. The number of hydrogen-bond acceptors (Lipinski definition) is 4. The monoisotopic (exact) mass is 396 g/mol. The van der Waals surface area contributed by atoms with Crippen LogP contribution in [0.25, 0.3) is 0 Å². The summed E-state index contributed by atoms with van der Waals surface area (Å²) in [6.07, 6.45) is 17.3. The molecule has 0 aromatic heterocycles. The van der Waals surface area contributed by atoms with Gasteiger partial charge in [-0.05, 0) is 19.8 Å². The summed E-state index contributed by atoms with van der Waals surface area (Å²) in [6.45, 7) is 8.79. The van der Waals surface area contributed by atoms with E-state index in [1.54, 1.807) is 0 Å². The largest absolute Gasteiger partial charge is 0.466 e. The van der Waals surface area contributed by atoms with Gasteiger partial charge in [-0.15, -0.1) is 6.58 Å². The van der Waals surface area contributed by atoms with Crippen LogP contribution in [0.5, 0.6) is 0 Å². The first-order valence-corrected chi connectivity index (χ1v) is 11.5. The van der Waals surface area contributed by atoms with Gasteiger partial charge in [0.15, 0.2) is 0 Å². The molecule has 0 saturated carbocycles. The lowest BCUT2D eigenvalue weighted by molar-refractivity contribution is -0.145. The van der Waals surface area contributed by atoms with Crippen LogP contribution in [0, 0.1) is 0 Å². The van der Waals surface area contributed by atoms with Crippen LogP contribution in [0.2, 0.25) is 0 Å². The number of carbonyl (C=O) groups excluding carboxylic acids is 2. The Balaban J connectivity index is 3.28. The maximum atomic E-state index is 11.6. The molecule has 4 heteroatoms. The van der Waals surface area contributed by atoms with E-state index < -0.39 is 0 Å². The number of esters is 2. The molecule has 0 amide bonds. The maximum Gasteiger partial charge on any atom is 0.305 e. The first-order chi connectivity index (χ1) is 13.6. The molecule has 0 bridgehead atoms. The predicted molar refractivity (Wildman–Crippen MR) is 116 cm³/mol. The van der Waals surface area contributed by atoms with Gasteiger partial charge in [0, 0.05) is 19.3 Å². The molecule has 0 radical (unpaired) electrons. The van der Waals surface area contributed by atoms with Crippen molar-refractivity contribution in [1.29, 1.82) is 0 Å². The number of carbonyl (C=O) groups is 2. The molecule has 164 valence electrons. The number of unbranched alkanes of at least 4 members (excludes halogenated alkanes) is 11. The third kappa shape index (κ3) is 21.0. The zero-order valence-electron chi connectivity index (χ0n) is 18.6. The highest BCUT2D eigenvalue weighted by Gasteiger charge is 2.07. The van der Waals surface area contributed by atoms with Crippen LogP contribution >= 0.6 is 0 Å². The fraction of sp³-hybridized carbons (Fsp3) is 0.833. The Bertz CT molecular complexity index is 403. The van der Waals surface area contributed by atoms with Crippen LogP contribution in [0.15, 0.2) is 12.2 Å². The highest BCUT2D eigenvalue weighted by molar-refractivity contribution is 5.72. The van der Waals surface area contributed by atoms with Crippen LogP contribution < -0.4 is 0 Å². The highest BCUT2D eigenvalue weighted by Crippen LogP contribution is 2.12. The summed E-state index contributed by atoms with van der Waals surface area (Å²) in [5.74, 6) is -0.465.